The lowest BCUT2D eigenvalue weighted by Gasteiger charge is -2.50. The van der Waals surface area contributed by atoms with Crippen LogP contribution in [0.25, 0.3) is 0 Å². The van der Waals surface area contributed by atoms with Crippen molar-refractivity contribution in [3.05, 3.63) is 12.2 Å². The summed E-state index contributed by atoms with van der Waals surface area (Å²) in [6, 6.07) is 0. The van der Waals surface area contributed by atoms with Crippen molar-refractivity contribution in [1.82, 2.24) is 10.6 Å². The van der Waals surface area contributed by atoms with Crippen LogP contribution in [-0.4, -0.2) is 383 Å². The molecule has 24 fully saturated rings. The SMILES string of the molecule is C=C(C)C(=O)NCCNC[C@H]1O[C@@H]2OCCCC[C@H]3[C@H](O)[C@@H](O)[C@@H](O[C@H]4[C@H](O)[C@@H](O)[C@@H](O[C@H]5[C@H](O)[C@@H](O)[C@@H](O[C@H]6[C@H](O)[C@@H](O)[C@@H](O[C@H]7[C@H](O)[C@@H](O)[C@@H](O[C@H]8[C@H](O)[C@@H](O)[C@@H](OC1[C@H](O)[C@H]2O)O[C@@H]8CO)O[C@@H]7CO)O[C@@H]6CO)O[C@@H]5CO)O[C@@H]4CO)O[C@@H]3CO. The van der Waals surface area contributed by atoms with Gasteiger partial charge in [0.05, 0.1) is 51.8 Å². The van der Waals surface area contributed by atoms with Crippen LogP contribution in [0, 0.1) is 5.92 Å². The monoisotopic (exact) mass is 1300 g/mol. The van der Waals surface area contributed by atoms with Gasteiger partial charge in [-0.25, -0.2) is 0 Å². The van der Waals surface area contributed by atoms with Crippen LogP contribution in [0.15, 0.2) is 12.2 Å². The lowest BCUT2D eigenvalue weighted by atomic mass is 9.85. The average molecular weight is 1300 g/mol. The van der Waals surface area contributed by atoms with Gasteiger partial charge in [0.25, 0.3) is 0 Å². The molecule has 24 heterocycles. The number of amides is 1. The highest BCUT2D eigenvalue weighted by Crippen LogP contribution is 2.39. The molecule has 1 unspecified atom stereocenters. The summed E-state index contributed by atoms with van der Waals surface area (Å²) in [5.41, 5.74) is 0.236. The van der Waals surface area contributed by atoms with Crippen molar-refractivity contribution in [2.45, 2.75) is 235 Å². The quantitative estimate of drug-likeness (QED) is 0.0637. The second-order valence-electron chi connectivity index (χ2n) is 23.1. The number of aliphatic hydroxyl groups excluding tert-OH is 20. The van der Waals surface area contributed by atoms with Crippen LogP contribution in [0.2, 0.25) is 0 Å². The Hall–Kier alpha value is -2.19. The molecule has 37 nitrogen and oxygen atoms in total. The first-order valence-electron chi connectivity index (χ1n) is 29.4. The molecule has 37 heteroatoms. The van der Waals surface area contributed by atoms with Crippen molar-refractivity contribution < 1.29 is 173 Å². The molecule has 0 aromatic rings. The third-order valence-corrected chi connectivity index (χ3v) is 17.1. The van der Waals surface area contributed by atoms with Crippen molar-refractivity contribution >= 4 is 5.91 Å². The van der Waals surface area contributed by atoms with Gasteiger partial charge < -0.3 is 179 Å². The van der Waals surface area contributed by atoms with Gasteiger partial charge in [0.2, 0.25) is 5.91 Å². The normalized spacial score (nSPS) is 49.9. The van der Waals surface area contributed by atoms with Crippen LogP contribution in [0.1, 0.15) is 26.2 Å². The number of hydrogen-bond donors (Lipinski definition) is 22. The molecule has 22 N–H and O–H groups in total. The highest BCUT2D eigenvalue weighted by molar-refractivity contribution is 5.92. The maximum absolute atomic E-state index is 12.1. The topological polar surface area (TPSA) is 575 Å². The summed E-state index contributed by atoms with van der Waals surface area (Å²) >= 11 is 0. The Morgan fingerprint density at radius 3 is 0.955 bits per heavy atom. The van der Waals surface area contributed by atoms with E-state index in [0.717, 1.165) is 0 Å². The Morgan fingerprint density at radius 1 is 0.360 bits per heavy atom. The number of rotatable bonds is 12. The maximum atomic E-state index is 12.1. The van der Waals surface area contributed by atoms with Gasteiger partial charge in [0.1, 0.15) is 153 Å². The summed E-state index contributed by atoms with van der Waals surface area (Å²) in [7, 11) is 0. The number of ether oxygens (including phenoxy) is 14. The molecule has 24 aliphatic rings. The minimum atomic E-state index is -2.22. The van der Waals surface area contributed by atoms with E-state index in [1.807, 2.05) is 0 Å². The number of carbonyl (C=O) groups excluding carboxylic acids is 1. The van der Waals surface area contributed by atoms with Gasteiger partial charge in [-0.15, -0.1) is 0 Å². The molecule has 0 saturated carbocycles. The fourth-order valence-corrected chi connectivity index (χ4v) is 11.9. The summed E-state index contributed by atoms with van der Waals surface area (Å²) in [6.07, 6.45) is -64.0. The van der Waals surface area contributed by atoms with Crippen molar-refractivity contribution in [3.8, 4) is 0 Å². The van der Waals surface area contributed by atoms with E-state index in [1.165, 1.54) is 6.92 Å². The molecular formula is C52H88N2O35. The first-order chi connectivity index (χ1) is 42.4. The molecule has 1 amide bonds. The van der Waals surface area contributed by atoms with E-state index in [2.05, 4.69) is 17.2 Å². The Labute approximate surface area is 507 Å². The average Bonchev–Trinajstić information content (AvgIpc) is 1.79. The lowest BCUT2D eigenvalue weighted by Crippen LogP contribution is -2.68. The summed E-state index contributed by atoms with van der Waals surface area (Å²) < 4.78 is 81.4. The molecule has 89 heavy (non-hydrogen) atoms. The molecule has 516 valence electrons. The number of carbonyl (C=O) groups is 1. The first kappa shape index (κ1) is 72.6. The predicted octanol–water partition coefficient (Wildman–Crippen LogP) is -13.5. The number of hydrogen-bond acceptors (Lipinski definition) is 36. The maximum Gasteiger partial charge on any atom is 0.246 e. The molecule has 0 spiro atoms. The van der Waals surface area contributed by atoms with E-state index in [-0.39, 0.29) is 51.1 Å². The minimum Gasteiger partial charge on any atom is -0.394 e. The van der Waals surface area contributed by atoms with Gasteiger partial charge in [-0.2, -0.15) is 0 Å². The molecule has 24 saturated heterocycles. The van der Waals surface area contributed by atoms with Crippen LogP contribution >= 0.6 is 0 Å². The smallest absolute Gasteiger partial charge is 0.246 e. The fourth-order valence-electron chi connectivity index (χ4n) is 11.9. The molecule has 0 radical (unpaired) electrons. The molecule has 0 aromatic heterocycles. The van der Waals surface area contributed by atoms with Crippen LogP contribution in [0.5, 0.6) is 0 Å². The van der Waals surface area contributed by atoms with Gasteiger partial charge in [-0.3, -0.25) is 4.79 Å². The molecule has 35 atom stereocenters. The van der Waals surface area contributed by atoms with Gasteiger partial charge in [0.15, 0.2) is 44.0 Å². The number of fused-ring (bicyclic) bond motifs is 1. The Morgan fingerprint density at radius 2 is 0.640 bits per heavy atom. The summed E-state index contributed by atoms with van der Waals surface area (Å²) in [6.45, 7) is -0.971. The minimum absolute atomic E-state index is 0.0503. The highest BCUT2D eigenvalue weighted by Gasteiger charge is 2.59. The van der Waals surface area contributed by atoms with Crippen molar-refractivity contribution in [3.63, 3.8) is 0 Å². The van der Waals surface area contributed by atoms with E-state index in [4.69, 9.17) is 66.3 Å². The van der Waals surface area contributed by atoms with Crippen molar-refractivity contribution in [1.29, 1.82) is 0 Å². The van der Waals surface area contributed by atoms with Crippen molar-refractivity contribution in [2.24, 2.45) is 5.92 Å². The van der Waals surface area contributed by atoms with Gasteiger partial charge in [0, 0.05) is 37.7 Å². The van der Waals surface area contributed by atoms with Crippen LogP contribution in [0.4, 0.5) is 0 Å². The Kier molecular flexibility index (Phi) is 26.5. The van der Waals surface area contributed by atoms with Gasteiger partial charge >= 0.3 is 0 Å². The standard InChI is InChI=1S/C52H88N2O35/c1-16(2)45(75)54-7-6-53-9-18-39-26(62)33(69)46(77-18)76-8-4-3-5-17-19(10-55)78-47(32(68)25(17)61)85-40-20(11-56)80-49(35(71)28(40)64)87-42-22(13-58)82-51(37(73)30(42)66)89-44-24(15-60)83-52(38(74)31(44)67)88-43-23(14-59)81-50(36(72)29(43)65)86-41-21(12-57)79-48(84-39)34(70)27(41)63/h17-44,46-53,55-74H,1,3-15H2,2H3,(H,54,75)/t17-,18-,19-,20-,21-,22-,23-,24-,25+,26-,27-,28-,29-,30-,31-,32-,33-,34-,35-,36-,37-,38-,39?,40-,41-,42-,43-,44-,46+,47-,48-,49-,50-,51-,52-/m1/s1. The first-order valence-corrected chi connectivity index (χ1v) is 29.4. The Balaban J connectivity index is 1.03. The second-order valence-corrected chi connectivity index (χ2v) is 23.1. The van der Waals surface area contributed by atoms with Crippen molar-refractivity contribution in [2.75, 3.05) is 65.9 Å². The molecule has 0 aromatic carbocycles. The van der Waals surface area contributed by atoms with E-state index >= 15 is 0 Å². The summed E-state index contributed by atoms with van der Waals surface area (Å²) in [4.78, 5) is 12.1. The van der Waals surface area contributed by atoms with Crippen LogP contribution in [0.3, 0.4) is 0 Å². The molecule has 14 bridgehead atoms. The second kappa shape index (κ2) is 32.5. The van der Waals surface area contributed by atoms with Crippen LogP contribution < -0.4 is 10.6 Å². The predicted molar refractivity (Wildman–Crippen MR) is 280 cm³/mol. The van der Waals surface area contributed by atoms with Gasteiger partial charge in [-0.1, -0.05) is 13.0 Å². The zero-order chi connectivity index (χ0) is 64.9. The molecule has 24 aliphatic heterocycles. The van der Waals surface area contributed by atoms with Crippen LogP contribution in [-0.2, 0) is 71.1 Å². The number of nitrogens with one attached hydrogen (secondary N) is 2. The fraction of sp³-hybridized carbons (Fsp3) is 0.942. The largest absolute Gasteiger partial charge is 0.394 e. The highest BCUT2D eigenvalue weighted by atomic mass is 16.8. The lowest BCUT2D eigenvalue weighted by molar-refractivity contribution is -0.397. The van der Waals surface area contributed by atoms with E-state index in [1.54, 1.807) is 0 Å². The zero-order valence-corrected chi connectivity index (χ0v) is 48.2. The molecule has 24 rings (SSSR count). The van der Waals surface area contributed by atoms with E-state index in [0.29, 0.717) is 0 Å². The molecular weight excluding hydrogens is 1210 g/mol. The molecule has 0 aliphatic carbocycles. The van der Waals surface area contributed by atoms with Gasteiger partial charge in [-0.05, 0) is 19.8 Å². The van der Waals surface area contributed by atoms with E-state index < -0.39 is 260 Å². The summed E-state index contributed by atoms with van der Waals surface area (Å²) in [5.74, 6) is -1.42. The Bertz CT molecular complexity index is 2180. The third-order valence-electron chi connectivity index (χ3n) is 17.1. The zero-order valence-electron chi connectivity index (χ0n) is 48.2. The third kappa shape index (κ3) is 16.0. The van der Waals surface area contributed by atoms with E-state index in [9.17, 15) is 107 Å². The summed E-state index contributed by atoms with van der Waals surface area (Å²) in [5, 5.41) is 228. The number of aliphatic hydroxyl groups is 20.